The van der Waals surface area contributed by atoms with E-state index in [2.05, 4.69) is 14.7 Å². The predicted molar refractivity (Wildman–Crippen MR) is 84.6 cm³/mol. The van der Waals surface area contributed by atoms with Crippen molar-refractivity contribution in [3.05, 3.63) is 69.6 Å². The zero-order valence-electron chi connectivity index (χ0n) is 12.4. The highest BCUT2D eigenvalue weighted by atomic mass is 16.5. The summed E-state index contributed by atoms with van der Waals surface area (Å²) in [5, 5.41) is 10.1. The number of rotatable bonds is 3. The number of pyridine rings is 2. The Morgan fingerprint density at radius 1 is 1.26 bits per heavy atom. The summed E-state index contributed by atoms with van der Waals surface area (Å²) in [6.45, 7) is 0. The van der Waals surface area contributed by atoms with Crippen molar-refractivity contribution in [2.75, 3.05) is 7.11 Å². The molecular weight excluding hydrogens is 296 g/mol. The lowest BCUT2D eigenvalue weighted by molar-refractivity contribution is 0.0595. The van der Waals surface area contributed by atoms with Gasteiger partial charge in [-0.15, -0.1) is 0 Å². The van der Waals surface area contributed by atoms with Gasteiger partial charge in [0.25, 0.3) is 5.56 Å². The molecule has 3 aromatic rings. The van der Waals surface area contributed by atoms with E-state index in [-0.39, 0.29) is 5.52 Å². The van der Waals surface area contributed by atoms with Gasteiger partial charge in [0.05, 0.1) is 12.6 Å². The fraction of sp³-hybridized carbons (Fsp3) is 0.118. The smallest absolute Gasteiger partial charge is 0.347 e. The maximum Gasteiger partial charge on any atom is 0.347 e. The standard InChI is InChI=1S/C17H14N2O4/c1-23-17(22)13-15(20)14-12(19-16(13)21)8-11(9-18-14)7-10-5-3-2-4-6-10/h2-6,8-9H,7H2,1H3,(H2,19,20,21). The molecule has 2 N–H and O–H groups in total. The van der Waals surface area contributed by atoms with Crippen LogP contribution < -0.4 is 5.56 Å². The number of hydrogen-bond acceptors (Lipinski definition) is 5. The third kappa shape index (κ3) is 2.78. The van der Waals surface area contributed by atoms with Gasteiger partial charge in [-0.05, 0) is 23.6 Å². The van der Waals surface area contributed by atoms with Crippen molar-refractivity contribution >= 4 is 17.0 Å². The van der Waals surface area contributed by atoms with Gasteiger partial charge in [-0.3, -0.25) is 9.78 Å². The predicted octanol–water partition coefficient (Wildman–Crippen LogP) is 2.01. The average Bonchev–Trinajstić information content (AvgIpc) is 2.55. The molecule has 0 radical (unpaired) electrons. The Bertz CT molecular complexity index is 932. The molecule has 0 unspecified atom stereocenters. The first-order valence-corrected chi connectivity index (χ1v) is 6.96. The number of carbonyl (C=O) groups is 1. The monoisotopic (exact) mass is 310 g/mol. The first kappa shape index (κ1) is 14.8. The van der Waals surface area contributed by atoms with Crippen molar-refractivity contribution < 1.29 is 14.6 Å². The molecule has 6 nitrogen and oxygen atoms in total. The molecule has 2 heterocycles. The Kier molecular flexibility index (Phi) is 3.80. The molecule has 3 rings (SSSR count). The number of esters is 1. The van der Waals surface area contributed by atoms with E-state index in [1.54, 1.807) is 12.3 Å². The highest BCUT2D eigenvalue weighted by Gasteiger charge is 2.20. The van der Waals surface area contributed by atoms with E-state index in [4.69, 9.17) is 0 Å². The summed E-state index contributed by atoms with van der Waals surface area (Å²) in [5.41, 5.74) is 1.36. The van der Waals surface area contributed by atoms with E-state index in [0.29, 0.717) is 11.9 Å². The molecule has 1 aromatic carbocycles. The van der Waals surface area contributed by atoms with Crippen molar-refractivity contribution in [3.8, 4) is 5.75 Å². The Balaban J connectivity index is 2.08. The number of H-pyrrole nitrogens is 1. The lowest BCUT2D eigenvalue weighted by Crippen LogP contribution is -2.19. The first-order chi connectivity index (χ1) is 11.1. The van der Waals surface area contributed by atoms with E-state index in [0.717, 1.165) is 18.2 Å². The van der Waals surface area contributed by atoms with Crippen molar-refractivity contribution in [1.82, 2.24) is 9.97 Å². The van der Waals surface area contributed by atoms with Crippen molar-refractivity contribution in [3.63, 3.8) is 0 Å². The number of fused-ring (bicyclic) bond motifs is 1. The molecule has 0 fully saturated rings. The molecule has 0 aliphatic rings. The quantitative estimate of drug-likeness (QED) is 0.722. The number of aromatic amines is 1. The molecule has 0 amide bonds. The maximum atomic E-state index is 12.0. The topological polar surface area (TPSA) is 92.3 Å². The number of aromatic hydroxyl groups is 1. The summed E-state index contributed by atoms with van der Waals surface area (Å²) in [7, 11) is 1.14. The number of methoxy groups -OCH3 is 1. The molecule has 0 saturated heterocycles. The third-order valence-corrected chi connectivity index (χ3v) is 3.52. The fourth-order valence-electron chi connectivity index (χ4n) is 2.42. The Labute approximate surface area is 131 Å². The molecule has 2 aromatic heterocycles. The minimum absolute atomic E-state index is 0.154. The Morgan fingerprint density at radius 3 is 2.70 bits per heavy atom. The molecule has 0 saturated carbocycles. The van der Waals surface area contributed by atoms with Crippen LogP contribution in [-0.4, -0.2) is 28.2 Å². The fourth-order valence-corrected chi connectivity index (χ4v) is 2.42. The van der Waals surface area contributed by atoms with Gasteiger partial charge in [0.15, 0.2) is 11.3 Å². The summed E-state index contributed by atoms with van der Waals surface area (Å²) < 4.78 is 4.50. The number of hydrogen-bond donors (Lipinski definition) is 2. The molecule has 23 heavy (non-hydrogen) atoms. The van der Waals surface area contributed by atoms with Gasteiger partial charge in [-0.25, -0.2) is 4.79 Å². The summed E-state index contributed by atoms with van der Waals surface area (Å²) >= 11 is 0. The van der Waals surface area contributed by atoms with Crippen LogP contribution in [0.3, 0.4) is 0 Å². The third-order valence-electron chi connectivity index (χ3n) is 3.52. The van der Waals surface area contributed by atoms with Gasteiger partial charge < -0.3 is 14.8 Å². The van der Waals surface area contributed by atoms with Crippen LogP contribution in [0.5, 0.6) is 5.75 Å². The van der Waals surface area contributed by atoms with Gasteiger partial charge >= 0.3 is 5.97 Å². The van der Waals surface area contributed by atoms with Crippen LogP contribution in [0, 0.1) is 0 Å². The Morgan fingerprint density at radius 2 is 2.00 bits per heavy atom. The lowest BCUT2D eigenvalue weighted by atomic mass is 10.1. The number of aromatic nitrogens is 2. The molecular formula is C17H14N2O4. The molecule has 0 bridgehead atoms. The van der Waals surface area contributed by atoms with E-state index < -0.39 is 22.8 Å². The molecule has 0 spiro atoms. The zero-order chi connectivity index (χ0) is 16.4. The van der Waals surface area contributed by atoms with Crippen LogP contribution in [0.1, 0.15) is 21.5 Å². The minimum atomic E-state index is -0.902. The van der Waals surface area contributed by atoms with E-state index in [1.807, 2.05) is 30.3 Å². The van der Waals surface area contributed by atoms with Crippen LogP contribution in [-0.2, 0) is 11.2 Å². The summed E-state index contributed by atoms with van der Waals surface area (Å²) in [4.78, 5) is 30.3. The second kappa shape index (κ2) is 5.92. The highest BCUT2D eigenvalue weighted by Crippen LogP contribution is 2.24. The van der Waals surface area contributed by atoms with E-state index in [9.17, 15) is 14.7 Å². The van der Waals surface area contributed by atoms with Gasteiger partial charge in [-0.1, -0.05) is 30.3 Å². The molecule has 0 aliphatic carbocycles. The van der Waals surface area contributed by atoms with Crippen LogP contribution in [0.4, 0.5) is 0 Å². The second-order valence-electron chi connectivity index (χ2n) is 5.07. The van der Waals surface area contributed by atoms with Gasteiger partial charge in [0.2, 0.25) is 0 Å². The molecule has 0 atom stereocenters. The summed E-state index contributed by atoms with van der Waals surface area (Å²) in [6.07, 6.45) is 2.25. The van der Waals surface area contributed by atoms with Crippen LogP contribution in [0.25, 0.3) is 11.0 Å². The molecule has 6 heteroatoms. The lowest BCUT2D eigenvalue weighted by Gasteiger charge is -2.07. The number of benzene rings is 1. The van der Waals surface area contributed by atoms with Crippen LogP contribution in [0.15, 0.2) is 47.4 Å². The van der Waals surface area contributed by atoms with Crippen LogP contribution in [0.2, 0.25) is 0 Å². The van der Waals surface area contributed by atoms with Crippen LogP contribution >= 0.6 is 0 Å². The normalized spacial score (nSPS) is 10.7. The number of nitrogens with one attached hydrogen (secondary N) is 1. The molecule has 0 aliphatic heterocycles. The van der Waals surface area contributed by atoms with Gasteiger partial charge in [0.1, 0.15) is 5.52 Å². The van der Waals surface area contributed by atoms with Gasteiger partial charge in [-0.2, -0.15) is 0 Å². The summed E-state index contributed by atoms with van der Waals surface area (Å²) in [5.74, 6) is -1.37. The number of nitrogens with zero attached hydrogens (tertiary/aromatic N) is 1. The van der Waals surface area contributed by atoms with E-state index in [1.165, 1.54) is 0 Å². The maximum absolute atomic E-state index is 12.0. The highest BCUT2D eigenvalue weighted by molar-refractivity contribution is 5.97. The zero-order valence-corrected chi connectivity index (χ0v) is 12.4. The largest absolute Gasteiger partial charge is 0.505 e. The molecule has 116 valence electrons. The number of carbonyl (C=O) groups excluding carboxylic acids is 1. The van der Waals surface area contributed by atoms with Crippen molar-refractivity contribution in [2.45, 2.75) is 6.42 Å². The number of ether oxygens (including phenoxy) is 1. The average molecular weight is 310 g/mol. The summed E-state index contributed by atoms with van der Waals surface area (Å²) in [6, 6.07) is 11.5. The minimum Gasteiger partial charge on any atom is -0.505 e. The van der Waals surface area contributed by atoms with Crippen molar-refractivity contribution in [2.24, 2.45) is 0 Å². The Hall–Kier alpha value is -3.15. The second-order valence-corrected chi connectivity index (χ2v) is 5.07. The van der Waals surface area contributed by atoms with Gasteiger partial charge in [0, 0.05) is 6.20 Å². The SMILES string of the molecule is COC(=O)c1c(O)c2ncc(Cc3ccccc3)cc2[nH]c1=O. The van der Waals surface area contributed by atoms with E-state index >= 15 is 0 Å². The first-order valence-electron chi connectivity index (χ1n) is 6.96. The van der Waals surface area contributed by atoms with Crippen molar-refractivity contribution in [1.29, 1.82) is 0 Å².